The van der Waals surface area contributed by atoms with Crippen molar-refractivity contribution >= 4 is 29.3 Å². The van der Waals surface area contributed by atoms with Crippen LogP contribution in [0.2, 0.25) is 5.02 Å². The average Bonchev–Trinajstić information content (AvgIpc) is 2.80. The van der Waals surface area contributed by atoms with Gasteiger partial charge in [0.05, 0.1) is 29.4 Å². The van der Waals surface area contributed by atoms with Crippen LogP contribution in [-0.4, -0.2) is 50.3 Å². The second-order valence-corrected chi connectivity index (χ2v) is 9.18. The number of benzene rings is 2. The molecule has 1 atom stereocenters. The molecule has 2 aromatic carbocycles. The summed E-state index contributed by atoms with van der Waals surface area (Å²) < 4.78 is 10.5. The Balaban J connectivity index is 1.61. The number of anilines is 1. The molecule has 1 aliphatic heterocycles. The molecule has 2 amide bonds. The molecule has 184 valence electrons. The number of methoxy groups -OCH3 is 1. The molecule has 1 unspecified atom stereocenters. The lowest BCUT2D eigenvalue weighted by Gasteiger charge is -2.38. The van der Waals surface area contributed by atoms with Crippen LogP contribution in [-0.2, 0) is 4.74 Å². The SMILES string of the molecule is COc1cc(N)c(Cl)cc1C(=O)NCC1CCN(C(COC(N)=O)c2ccc(C)cc2C)CC1. The van der Waals surface area contributed by atoms with E-state index in [2.05, 4.69) is 42.3 Å². The second kappa shape index (κ2) is 11.4. The fraction of sp³-hybridized carbons (Fsp3) is 0.440. The molecule has 1 heterocycles. The van der Waals surface area contributed by atoms with Gasteiger partial charge in [-0.05, 0) is 62.9 Å². The van der Waals surface area contributed by atoms with Crippen LogP contribution < -0.4 is 21.5 Å². The van der Waals surface area contributed by atoms with Crippen molar-refractivity contribution in [2.24, 2.45) is 11.7 Å². The predicted octanol–water partition coefficient (Wildman–Crippen LogP) is 3.83. The van der Waals surface area contributed by atoms with Crippen LogP contribution in [0.4, 0.5) is 10.5 Å². The number of carbonyl (C=O) groups is 2. The molecule has 8 nitrogen and oxygen atoms in total. The van der Waals surface area contributed by atoms with Gasteiger partial charge in [0.2, 0.25) is 0 Å². The van der Waals surface area contributed by atoms with Crippen molar-refractivity contribution in [2.75, 3.05) is 39.1 Å². The molecule has 0 aromatic heterocycles. The third-order valence-corrected chi connectivity index (χ3v) is 6.70. The van der Waals surface area contributed by atoms with E-state index >= 15 is 0 Å². The van der Waals surface area contributed by atoms with Crippen LogP contribution in [0.15, 0.2) is 30.3 Å². The Labute approximate surface area is 205 Å². The molecule has 1 saturated heterocycles. The normalized spacial score (nSPS) is 15.5. The highest BCUT2D eigenvalue weighted by atomic mass is 35.5. The van der Waals surface area contributed by atoms with Gasteiger partial charge in [0, 0.05) is 12.6 Å². The number of likely N-dealkylation sites (tertiary alicyclic amines) is 1. The predicted molar refractivity (Wildman–Crippen MR) is 133 cm³/mol. The minimum atomic E-state index is -0.773. The molecule has 34 heavy (non-hydrogen) atoms. The van der Waals surface area contributed by atoms with Crippen LogP contribution in [0.5, 0.6) is 5.75 Å². The number of amides is 2. The highest BCUT2D eigenvalue weighted by molar-refractivity contribution is 6.33. The molecule has 0 radical (unpaired) electrons. The lowest BCUT2D eigenvalue weighted by Crippen LogP contribution is -2.42. The number of nitrogens with two attached hydrogens (primary N) is 2. The van der Waals surface area contributed by atoms with E-state index < -0.39 is 6.09 Å². The lowest BCUT2D eigenvalue weighted by atomic mass is 9.92. The van der Waals surface area contributed by atoms with Gasteiger partial charge >= 0.3 is 6.09 Å². The summed E-state index contributed by atoms with van der Waals surface area (Å²) in [5.74, 6) is 0.469. The minimum Gasteiger partial charge on any atom is -0.496 e. The molecular formula is C25H33ClN4O4. The quantitative estimate of drug-likeness (QED) is 0.486. The molecule has 2 aromatic rings. The standard InChI is InChI=1S/C25H33ClN4O4/c1-15-4-5-18(16(2)10-15)22(14-34-25(28)32)30-8-6-17(7-9-30)13-29-24(31)19-11-20(26)21(27)12-23(19)33-3/h4-5,10-12,17,22H,6-9,13-14,27H2,1-3H3,(H2,28,32)(H,29,31). The Morgan fingerprint density at radius 2 is 1.91 bits per heavy atom. The Hall–Kier alpha value is -2.97. The van der Waals surface area contributed by atoms with Crippen molar-refractivity contribution in [1.29, 1.82) is 0 Å². The summed E-state index contributed by atoms with van der Waals surface area (Å²) in [5, 5.41) is 3.31. The van der Waals surface area contributed by atoms with Crippen molar-refractivity contribution in [1.82, 2.24) is 10.2 Å². The Morgan fingerprint density at radius 3 is 2.53 bits per heavy atom. The summed E-state index contributed by atoms with van der Waals surface area (Å²) in [7, 11) is 1.49. The second-order valence-electron chi connectivity index (χ2n) is 8.77. The lowest BCUT2D eigenvalue weighted by molar-refractivity contribution is 0.0697. The van der Waals surface area contributed by atoms with Crippen LogP contribution in [0, 0.1) is 19.8 Å². The Kier molecular flexibility index (Phi) is 8.63. The first kappa shape index (κ1) is 25.6. The highest BCUT2D eigenvalue weighted by Crippen LogP contribution is 2.31. The number of ether oxygens (including phenoxy) is 2. The molecule has 5 N–H and O–H groups in total. The van der Waals surface area contributed by atoms with E-state index in [1.54, 1.807) is 6.07 Å². The van der Waals surface area contributed by atoms with E-state index in [1.807, 2.05) is 0 Å². The number of primary amides is 1. The van der Waals surface area contributed by atoms with Gasteiger partial charge in [0.1, 0.15) is 12.4 Å². The van der Waals surface area contributed by atoms with E-state index in [1.165, 1.54) is 18.7 Å². The zero-order valence-corrected chi connectivity index (χ0v) is 20.7. The first-order valence-electron chi connectivity index (χ1n) is 11.3. The summed E-state index contributed by atoms with van der Waals surface area (Å²) in [6.45, 7) is 6.51. The summed E-state index contributed by atoms with van der Waals surface area (Å²) in [6.07, 6.45) is 1.03. The van der Waals surface area contributed by atoms with E-state index in [0.29, 0.717) is 34.5 Å². The van der Waals surface area contributed by atoms with Crippen molar-refractivity contribution < 1.29 is 19.1 Å². The summed E-state index contributed by atoms with van der Waals surface area (Å²) in [5.41, 5.74) is 15.2. The molecule has 0 bridgehead atoms. The van der Waals surface area contributed by atoms with Gasteiger partial charge in [-0.2, -0.15) is 0 Å². The number of nitrogens with zero attached hydrogens (tertiary/aromatic N) is 1. The Bertz CT molecular complexity index is 1040. The average molecular weight is 489 g/mol. The number of rotatable bonds is 8. The zero-order valence-electron chi connectivity index (χ0n) is 19.9. The maximum Gasteiger partial charge on any atom is 0.404 e. The molecular weight excluding hydrogens is 456 g/mol. The minimum absolute atomic E-state index is 0.0650. The number of aryl methyl sites for hydroxylation is 2. The van der Waals surface area contributed by atoms with Crippen LogP contribution in [0.1, 0.15) is 45.9 Å². The fourth-order valence-electron chi connectivity index (χ4n) is 4.47. The van der Waals surface area contributed by atoms with Gasteiger partial charge < -0.3 is 26.3 Å². The van der Waals surface area contributed by atoms with Crippen LogP contribution >= 0.6 is 11.6 Å². The molecule has 9 heteroatoms. The number of carbonyl (C=O) groups excluding carboxylic acids is 2. The Morgan fingerprint density at radius 1 is 1.21 bits per heavy atom. The maximum absolute atomic E-state index is 12.7. The van der Waals surface area contributed by atoms with Crippen molar-refractivity contribution in [2.45, 2.75) is 32.7 Å². The molecule has 0 aliphatic carbocycles. The smallest absolute Gasteiger partial charge is 0.404 e. The molecule has 1 aliphatic rings. The monoisotopic (exact) mass is 488 g/mol. The molecule has 3 rings (SSSR count). The highest BCUT2D eigenvalue weighted by Gasteiger charge is 2.28. The maximum atomic E-state index is 12.7. The van der Waals surface area contributed by atoms with Gasteiger partial charge in [-0.1, -0.05) is 35.4 Å². The first-order chi connectivity index (χ1) is 16.2. The van der Waals surface area contributed by atoms with E-state index in [9.17, 15) is 9.59 Å². The van der Waals surface area contributed by atoms with E-state index in [4.69, 9.17) is 32.5 Å². The number of nitrogens with one attached hydrogen (secondary N) is 1. The summed E-state index contributed by atoms with van der Waals surface area (Å²) in [6, 6.07) is 9.31. The van der Waals surface area contributed by atoms with Crippen molar-refractivity contribution in [3.63, 3.8) is 0 Å². The fourth-order valence-corrected chi connectivity index (χ4v) is 4.63. The molecule has 0 saturated carbocycles. The number of hydrogen-bond donors (Lipinski definition) is 3. The van der Waals surface area contributed by atoms with Crippen molar-refractivity contribution in [3.8, 4) is 5.75 Å². The third kappa shape index (κ3) is 6.33. The number of hydrogen-bond acceptors (Lipinski definition) is 6. The van der Waals surface area contributed by atoms with Crippen LogP contribution in [0.25, 0.3) is 0 Å². The van der Waals surface area contributed by atoms with Crippen LogP contribution in [0.3, 0.4) is 0 Å². The van der Waals surface area contributed by atoms with Crippen molar-refractivity contribution in [3.05, 3.63) is 57.6 Å². The topological polar surface area (TPSA) is 120 Å². The largest absolute Gasteiger partial charge is 0.496 e. The van der Waals surface area contributed by atoms with Gasteiger partial charge in [0.15, 0.2) is 0 Å². The third-order valence-electron chi connectivity index (χ3n) is 6.37. The summed E-state index contributed by atoms with van der Waals surface area (Å²) in [4.78, 5) is 26.3. The van der Waals surface area contributed by atoms with E-state index in [-0.39, 0.29) is 18.6 Å². The molecule has 0 spiro atoms. The number of halogens is 1. The van der Waals surface area contributed by atoms with Gasteiger partial charge in [-0.25, -0.2) is 4.79 Å². The summed E-state index contributed by atoms with van der Waals surface area (Å²) >= 11 is 6.09. The number of nitrogen functional groups attached to an aromatic ring is 1. The van der Waals surface area contributed by atoms with Gasteiger partial charge in [-0.3, -0.25) is 9.69 Å². The zero-order chi connectivity index (χ0) is 24.8. The van der Waals surface area contributed by atoms with E-state index in [0.717, 1.165) is 37.1 Å². The van der Waals surface area contributed by atoms with Gasteiger partial charge in [-0.15, -0.1) is 0 Å². The van der Waals surface area contributed by atoms with Gasteiger partial charge in [0.25, 0.3) is 5.91 Å². The first-order valence-corrected chi connectivity index (χ1v) is 11.7. The number of piperidine rings is 1. The molecule has 1 fully saturated rings.